The van der Waals surface area contributed by atoms with Gasteiger partial charge in [-0.2, -0.15) is 5.10 Å². The molecule has 1 heterocycles. The third-order valence-electron chi connectivity index (χ3n) is 5.18. The molecule has 0 aliphatic heterocycles. The molecule has 0 saturated heterocycles. The number of halogens is 1. The van der Waals surface area contributed by atoms with Crippen LogP contribution >= 0.6 is 11.6 Å². The van der Waals surface area contributed by atoms with Crippen molar-refractivity contribution in [3.8, 4) is 11.4 Å². The molecule has 0 N–H and O–H groups in total. The van der Waals surface area contributed by atoms with Gasteiger partial charge in [0.05, 0.1) is 24.1 Å². The van der Waals surface area contributed by atoms with Crippen molar-refractivity contribution in [2.45, 2.75) is 32.1 Å². The fourth-order valence-corrected chi connectivity index (χ4v) is 4.05. The van der Waals surface area contributed by atoms with Gasteiger partial charge in [0.2, 0.25) is 0 Å². The molecular formula is C22H21ClN2O2. The molecule has 1 aliphatic carbocycles. The molecule has 3 aromatic rings. The SMILES string of the molecule is CCc1nn(-c2cc(Cl)ccc2OC)c2c1C(=O)C[C@@H](c1ccccc1)C2. The Labute approximate surface area is 163 Å². The molecule has 27 heavy (non-hydrogen) atoms. The number of rotatable bonds is 4. The number of methoxy groups -OCH3 is 1. The maximum Gasteiger partial charge on any atom is 0.167 e. The van der Waals surface area contributed by atoms with E-state index in [1.165, 1.54) is 5.56 Å². The van der Waals surface area contributed by atoms with Crippen LogP contribution in [0.2, 0.25) is 5.02 Å². The van der Waals surface area contributed by atoms with E-state index in [0.717, 1.165) is 29.1 Å². The maximum atomic E-state index is 13.0. The van der Waals surface area contributed by atoms with Crippen LogP contribution in [0, 0.1) is 0 Å². The highest BCUT2D eigenvalue weighted by Gasteiger charge is 2.33. The van der Waals surface area contributed by atoms with E-state index in [0.29, 0.717) is 23.6 Å². The van der Waals surface area contributed by atoms with Gasteiger partial charge < -0.3 is 4.74 Å². The molecule has 5 heteroatoms. The molecule has 1 atom stereocenters. The zero-order chi connectivity index (χ0) is 19.0. The van der Waals surface area contributed by atoms with Gasteiger partial charge in [0.1, 0.15) is 11.4 Å². The molecule has 0 bridgehead atoms. The average Bonchev–Trinajstić information content (AvgIpc) is 3.08. The summed E-state index contributed by atoms with van der Waals surface area (Å²) in [6.07, 6.45) is 1.98. The quantitative estimate of drug-likeness (QED) is 0.639. The lowest BCUT2D eigenvalue weighted by molar-refractivity contribution is 0.0963. The molecule has 0 radical (unpaired) electrons. The van der Waals surface area contributed by atoms with E-state index in [1.807, 2.05) is 41.9 Å². The Morgan fingerprint density at radius 3 is 2.67 bits per heavy atom. The number of aryl methyl sites for hydroxylation is 1. The number of carbonyl (C=O) groups is 1. The second-order valence-corrected chi connectivity index (χ2v) is 7.23. The minimum absolute atomic E-state index is 0.150. The van der Waals surface area contributed by atoms with Crippen molar-refractivity contribution < 1.29 is 9.53 Å². The van der Waals surface area contributed by atoms with E-state index >= 15 is 0 Å². The maximum absolute atomic E-state index is 13.0. The summed E-state index contributed by atoms with van der Waals surface area (Å²) in [5.74, 6) is 0.993. The van der Waals surface area contributed by atoms with E-state index in [2.05, 4.69) is 12.1 Å². The number of nitrogens with zero attached hydrogens (tertiary/aromatic N) is 2. The van der Waals surface area contributed by atoms with Gasteiger partial charge in [-0.1, -0.05) is 48.9 Å². The molecule has 4 rings (SSSR count). The number of ketones is 1. The molecule has 0 amide bonds. The molecule has 1 aromatic heterocycles. The van der Waals surface area contributed by atoms with Crippen LogP contribution in [-0.4, -0.2) is 22.7 Å². The molecule has 138 valence electrons. The zero-order valence-corrected chi connectivity index (χ0v) is 16.2. The molecule has 0 fully saturated rings. The predicted octanol–water partition coefficient (Wildman–Crippen LogP) is 5.01. The molecule has 1 aliphatic rings. The van der Waals surface area contributed by atoms with E-state index in [4.69, 9.17) is 21.4 Å². The number of ether oxygens (including phenoxy) is 1. The topological polar surface area (TPSA) is 44.1 Å². The highest BCUT2D eigenvalue weighted by Crippen LogP contribution is 2.37. The van der Waals surface area contributed by atoms with Gasteiger partial charge in [-0.3, -0.25) is 4.79 Å². The first-order valence-corrected chi connectivity index (χ1v) is 9.53. The Morgan fingerprint density at radius 1 is 1.19 bits per heavy atom. The summed E-state index contributed by atoms with van der Waals surface area (Å²) in [6.45, 7) is 2.03. The van der Waals surface area contributed by atoms with Gasteiger partial charge in [0.15, 0.2) is 5.78 Å². The van der Waals surface area contributed by atoms with Crippen molar-refractivity contribution in [2.75, 3.05) is 7.11 Å². The number of fused-ring (bicyclic) bond motifs is 1. The van der Waals surface area contributed by atoms with Gasteiger partial charge in [-0.25, -0.2) is 4.68 Å². The van der Waals surface area contributed by atoms with Crippen molar-refractivity contribution in [3.05, 3.63) is 76.1 Å². The molecule has 0 saturated carbocycles. The van der Waals surface area contributed by atoms with Crippen LogP contribution in [-0.2, 0) is 12.8 Å². The van der Waals surface area contributed by atoms with E-state index in [-0.39, 0.29) is 11.7 Å². The van der Waals surface area contributed by atoms with Gasteiger partial charge in [-0.05, 0) is 42.5 Å². The second kappa shape index (κ2) is 7.20. The first-order valence-electron chi connectivity index (χ1n) is 9.15. The molecular weight excluding hydrogens is 360 g/mol. The predicted molar refractivity (Wildman–Crippen MR) is 106 cm³/mol. The summed E-state index contributed by atoms with van der Waals surface area (Å²) in [4.78, 5) is 13.0. The van der Waals surface area contributed by atoms with Crippen LogP contribution in [0.3, 0.4) is 0 Å². The van der Waals surface area contributed by atoms with Crippen LogP contribution in [0.1, 0.15) is 46.6 Å². The van der Waals surface area contributed by atoms with E-state index < -0.39 is 0 Å². The average molecular weight is 381 g/mol. The largest absolute Gasteiger partial charge is 0.494 e. The summed E-state index contributed by atoms with van der Waals surface area (Å²) in [6, 6.07) is 15.7. The summed E-state index contributed by atoms with van der Waals surface area (Å²) < 4.78 is 7.38. The number of benzene rings is 2. The Balaban J connectivity index is 1.87. The Bertz CT molecular complexity index is 995. The minimum atomic E-state index is 0.150. The van der Waals surface area contributed by atoms with Crippen molar-refractivity contribution in [1.82, 2.24) is 9.78 Å². The van der Waals surface area contributed by atoms with E-state index in [1.54, 1.807) is 13.2 Å². The Hall–Kier alpha value is -2.59. The van der Waals surface area contributed by atoms with Gasteiger partial charge >= 0.3 is 0 Å². The minimum Gasteiger partial charge on any atom is -0.494 e. The number of Topliss-reactive ketones (excluding diaryl/α,β-unsaturated/α-hetero) is 1. The van der Waals surface area contributed by atoms with Crippen molar-refractivity contribution in [3.63, 3.8) is 0 Å². The van der Waals surface area contributed by atoms with Crippen LogP contribution < -0.4 is 4.74 Å². The molecule has 0 unspecified atom stereocenters. The lowest BCUT2D eigenvalue weighted by atomic mass is 9.81. The molecule has 0 spiro atoms. The van der Waals surface area contributed by atoms with Crippen LogP contribution in [0.15, 0.2) is 48.5 Å². The molecule has 4 nitrogen and oxygen atoms in total. The highest BCUT2D eigenvalue weighted by atomic mass is 35.5. The van der Waals surface area contributed by atoms with Crippen molar-refractivity contribution >= 4 is 17.4 Å². The summed E-state index contributed by atoms with van der Waals surface area (Å²) in [5, 5.41) is 5.37. The van der Waals surface area contributed by atoms with Crippen LogP contribution in [0.5, 0.6) is 5.75 Å². The number of hydrogen-bond acceptors (Lipinski definition) is 3. The summed E-state index contributed by atoms with van der Waals surface area (Å²) in [7, 11) is 1.63. The monoisotopic (exact) mass is 380 g/mol. The van der Waals surface area contributed by atoms with Gasteiger partial charge in [0.25, 0.3) is 0 Å². The van der Waals surface area contributed by atoms with Gasteiger partial charge in [0, 0.05) is 11.4 Å². The smallest absolute Gasteiger partial charge is 0.167 e. The number of hydrogen-bond donors (Lipinski definition) is 0. The normalized spacial score (nSPS) is 16.3. The Kier molecular flexibility index (Phi) is 4.75. The number of carbonyl (C=O) groups excluding carboxylic acids is 1. The van der Waals surface area contributed by atoms with Crippen molar-refractivity contribution in [2.24, 2.45) is 0 Å². The summed E-state index contributed by atoms with van der Waals surface area (Å²) >= 11 is 6.24. The Morgan fingerprint density at radius 2 is 1.96 bits per heavy atom. The first-order chi connectivity index (χ1) is 13.1. The highest BCUT2D eigenvalue weighted by molar-refractivity contribution is 6.30. The van der Waals surface area contributed by atoms with E-state index in [9.17, 15) is 4.79 Å². The van der Waals surface area contributed by atoms with Gasteiger partial charge in [-0.15, -0.1) is 0 Å². The fourth-order valence-electron chi connectivity index (χ4n) is 3.88. The fraction of sp³-hybridized carbons (Fsp3) is 0.273. The first kappa shape index (κ1) is 17.8. The lowest BCUT2D eigenvalue weighted by Gasteiger charge is -2.23. The third kappa shape index (κ3) is 3.15. The second-order valence-electron chi connectivity index (χ2n) is 6.79. The third-order valence-corrected chi connectivity index (χ3v) is 5.41. The zero-order valence-electron chi connectivity index (χ0n) is 15.4. The van der Waals surface area contributed by atoms with Crippen molar-refractivity contribution in [1.29, 1.82) is 0 Å². The lowest BCUT2D eigenvalue weighted by Crippen LogP contribution is -2.21. The molecule has 2 aromatic carbocycles. The van der Waals surface area contributed by atoms with Crippen LogP contribution in [0.25, 0.3) is 5.69 Å². The van der Waals surface area contributed by atoms with Crippen LogP contribution in [0.4, 0.5) is 0 Å². The number of aromatic nitrogens is 2. The standard InChI is InChI=1S/C22H21ClN2O2/c1-3-17-22-19(11-15(12-20(22)26)14-7-5-4-6-8-14)25(24-17)18-13-16(23)9-10-21(18)27-2/h4-10,13,15H,3,11-12H2,1-2H3/t15-/m0/s1. The summed E-state index contributed by atoms with van der Waals surface area (Å²) in [5.41, 5.74) is 4.50.